The largest absolute Gasteiger partial charge is 0.493 e. The molecule has 172 valence electrons. The molecule has 0 radical (unpaired) electrons. The van der Waals surface area contributed by atoms with Crippen molar-refractivity contribution in [2.24, 2.45) is 7.05 Å². The summed E-state index contributed by atoms with van der Waals surface area (Å²) in [6, 6.07) is 20.6. The molecule has 7 heteroatoms. The lowest BCUT2D eigenvalue weighted by atomic mass is 9.87. The minimum absolute atomic E-state index is 0.221. The van der Waals surface area contributed by atoms with E-state index in [1.165, 1.54) is 4.68 Å². The lowest BCUT2D eigenvalue weighted by Gasteiger charge is -2.38. The van der Waals surface area contributed by atoms with Gasteiger partial charge >= 0.3 is 0 Å². The monoisotopic (exact) mass is 455 g/mol. The van der Waals surface area contributed by atoms with Crippen molar-refractivity contribution in [2.75, 3.05) is 20.8 Å². The van der Waals surface area contributed by atoms with E-state index in [1.54, 1.807) is 39.5 Å². The van der Waals surface area contributed by atoms with Gasteiger partial charge in [0.25, 0.3) is 11.5 Å². The van der Waals surface area contributed by atoms with Gasteiger partial charge in [0.05, 0.1) is 25.6 Å². The zero-order valence-electron chi connectivity index (χ0n) is 19.3. The van der Waals surface area contributed by atoms with Crippen LogP contribution < -0.4 is 15.0 Å². The molecule has 7 nitrogen and oxygen atoms in total. The van der Waals surface area contributed by atoms with E-state index in [2.05, 4.69) is 5.10 Å². The van der Waals surface area contributed by atoms with Crippen LogP contribution in [0, 0.1) is 0 Å². The maximum Gasteiger partial charge on any atom is 0.275 e. The Balaban J connectivity index is 1.69. The van der Waals surface area contributed by atoms with Crippen LogP contribution in [-0.4, -0.2) is 41.4 Å². The van der Waals surface area contributed by atoms with Crippen molar-refractivity contribution in [3.8, 4) is 11.5 Å². The highest BCUT2D eigenvalue weighted by molar-refractivity contribution is 6.05. The number of carbonyl (C=O) groups is 1. The Bertz CT molecular complexity index is 1450. The number of hydrogen-bond acceptors (Lipinski definition) is 5. The predicted octanol–water partition coefficient (Wildman–Crippen LogP) is 3.74. The molecule has 0 bridgehead atoms. The smallest absolute Gasteiger partial charge is 0.275 e. The molecule has 2 heterocycles. The second-order valence-corrected chi connectivity index (χ2v) is 8.29. The molecule has 0 saturated carbocycles. The zero-order valence-corrected chi connectivity index (χ0v) is 19.3. The summed E-state index contributed by atoms with van der Waals surface area (Å²) < 4.78 is 12.3. The normalized spacial score (nSPS) is 15.1. The predicted molar refractivity (Wildman–Crippen MR) is 130 cm³/mol. The molecule has 5 rings (SSSR count). The van der Waals surface area contributed by atoms with Gasteiger partial charge in [0.1, 0.15) is 0 Å². The van der Waals surface area contributed by atoms with Gasteiger partial charge in [0.2, 0.25) is 0 Å². The van der Waals surface area contributed by atoms with E-state index < -0.39 is 0 Å². The van der Waals surface area contributed by atoms with Crippen LogP contribution >= 0.6 is 0 Å². The molecule has 1 aliphatic rings. The van der Waals surface area contributed by atoms with Crippen LogP contribution in [0.2, 0.25) is 0 Å². The van der Waals surface area contributed by atoms with Crippen molar-refractivity contribution in [2.45, 2.75) is 12.5 Å². The van der Waals surface area contributed by atoms with Crippen LogP contribution in [0.15, 0.2) is 71.5 Å². The Kier molecular flexibility index (Phi) is 5.53. The molecule has 34 heavy (non-hydrogen) atoms. The highest BCUT2D eigenvalue weighted by Gasteiger charge is 2.35. The third-order valence-corrected chi connectivity index (χ3v) is 6.41. The number of rotatable bonds is 4. The fraction of sp³-hybridized carbons (Fsp3) is 0.222. The third kappa shape index (κ3) is 3.50. The van der Waals surface area contributed by atoms with Crippen LogP contribution in [0.4, 0.5) is 0 Å². The van der Waals surface area contributed by atoms with Gasteiger partial charge in [-0.05, 0) is 41.3 Å². The van der Waals surface area contributed by atoms with Crippen LogP contribution in [0.25, 0.3) is 10.8 Å². The maximum atomic E-state index is 14.0. The summed E-state index contributed by atoms with van der Waals surface area (Å²) in [6.45, 7) is 0.500. The van der Waals surface area contributed by atoms with Crippen LogP contribution in [-0.2, 0) is 13.5 Å². The second-order valence-electron chi connectivity index (χ2n) is 8.29. The first kappa shape index (κ1) is 21.7. The standard InChI is InChI=1S/C27H25N3O4/c1-29-26(31)20-12-8-7-11-19(20)24(28-29)27(32)30-14-13-18-15-22(33-2)23(34-3)16-21(18)25(30)17-9-5-4-6-10-17/h4-12,15-16,25H,13-14H2,1-3H3/t25-/m1/s1. The molecule has 1 atom stereocenters. The van der Waals surface area contributed by atoms with Crippen molar-refractivity contribution >= 4 is 16.7 Å². The highest BCUT2D eigenvalue weighted by Crippen LogP contribution is 2.41. The van der Waals surface area contributed by atoms with Gasteiger partial charge in [0, 0.05) is 19.0 Å². The van der Waals surface area contributed by atoms with E-state index in [1.807, 2.05) is 53.4 Å². The topological polar surface area (TPSA) is 73.7 Å². The summed E-state index contributed by atoms with van der Waals surface area (Å²) in [5, 5.41) is 5.42. The molecule has 1 aromatic heterocycles. The molecule has 0 fully saturated rings. The van der Waals surface area contributed by atoms with E-state index in [9.17, 15) is 9.59 Å². The molecule has 4 aromatic rings. The molecule has 0 unspecified atom stereocenters. The number of benzene rings is 3. The van der Waals surface area contributed by atoms with Crippen molar-refractivity contribution < 1.29 is 14.3 Å². The Morgan fingerprint density at radius 1 is 0.941 bits per heavy atom. The third-order valence-electron chi connectivity index (χ3n) is 6.41. The Morgan fingerprint density at radius 3 is 2.29 bits per heavy atom. The van der Waals surface area contributed by atoms with Gasteiger partial charge in [-0.1, -0.05) is 48.5 Å². The number of carbonyl (C=O) groups excluding carboxylic acids is 1. The summed E-state index contributed by atoms with van der Waals surface area (Å²) in [7, 11) is 4.80. The van der Waals surface area contributed by atoms with E-state index in [-0.39, 0.29) is 23.2 Å². The molecule has 3 aromatic carbocycles. The van der Waals surface area contributed by atoms with Gasteiger partial charge in [-0.2, -0.15) is 5.10 Å². The SMILES string of the molecule is COc1cc2c(cc1OC)[C@@H](c1ccccc1)N(C(=O)c1nn(C)c(=O)c3ccccc13)CC2. The fourth-order valence-electron chi connectivity index (χ4n) is 4.75. The Hall–Kier alpha value is -4.13. The molecule has 0 spiro atoms. The molecule has 0 N–H and O–H groups in total. The summed E-state index contributed by atoms with van der Waals surface area (Å²) in [5.74, 6) is 1.06. The van der Waals surface area contributed by atoms with Gasteiger partial charge < -0.3 is 14.4 Å². The first-order valence-corrected chi connectivity index (χ1v) is 11.1. The lowest BCUT2D eigenvalue weighted by Crippen LogP contribution is -2.41. The van der Waals surface area contributed by atoms with Gasteiger partial charge in [-0.15, -0.1) is 0 Å². The number of methoxy groups -OCH3 is 2. The number of aromatic nitrogens is 2. The quantitative estimate of drug-likeness (QED) is 0.469. The summed E-state index contributed by atoms with van der Waals surface area (Å²) >= 11 is 0. The van der Waals surface area contributed by atoms with Crippen molar-refractivity contribution in [1.29, 1.82) is 0 Å². The van der Waals surface area contributed by atoms with Crippen LogP contribution in [0.5, 0.6) is 11.5 Å². The summed E-state index contributed by atoms with van der Waals surface area (Å²) in [5.41, 5.74) is 3.11. The highest BCUT2D eigenvalue weighted by atomic mass is 16.5. The maximum absolute atomic E-state index is 14.0. The molecule has 0 aliphatic carbocycles. The first-order valence-electron chi connectivity index (χ1n) is 11.1. The van der Waals surface area contributed by atoms with Crippen LogP contribution in [0.1, 0.15) is 33.2 Å². The van der Waals surface area contributed by atoms with Crippen molar-refractivity contribution in [3.05, 3.63) is 99.5 Å². The molecular formula is C27H25N3O4. The average molecular weight is 456 g/mol. The van der Waals surface area contributed by atoms with E-state index in [0.717, 1.165) is 16.7 Å². The van der Waals surface area contributed by atoms with E-state index in [0.29, 0.717) is 35.2 Å². The van der Waals surface area contributed by atoms with Crippen molar-refractivity contribution in [1.82, 2.24) is 14.7 Å². The summed E-state index contributed by atoms with van der Waals surface area (Å²) in [4.78, 5) is 28.5. The molecule has 0 saturated heterocycles. The van der Waals surface area contributed by atoms with Crippen LogP contribution in [0.3, 0.4) is 0 Å². The number of fused-ring (bicyclic) bond motifs is 2. The number of amides is 1. The van der Waals surface area contributed by atoms with Gasteiger partial charge in [-0.3, -0.25) is 9.59 Å². The van der Waals surface area contributed by atoms with Gasteiger partial charge in [-0.25, -0.2) is 4.68 Å². The Labute approximate surface area is 197 Å². The average Bonchev–Trinajstić information content (AvgIpc) is 2.89. The fourth-order valence-corrected chi connectivity index (χ4v) is 4.75. The van der Waals surface area contributed by atoms with E-state index in [4.69, 9.17) is 9.47 Å². The molecular weight excluding hydrogens is 430 g/mol. The number of hydrogen-bond donors (Lipinski definition) is 0. The molecule has 1 aliphatic heterocycles. The summed E-state index contributed by atoms with van der Waals surface area (Å²) in [6.07, 6.45) is 0.661. The Morgan fingerprint density at radius 2 is 1.59 bits per heavy atom. The first-order chi connectivity index (χ1) is 16.5. The molecule has 1 amide bonds. The van der Waals surface area contributed by atoms with Crippen molar-refractivity contribution in [3.63, 3.8) is 0 Å². The minimum atomic E-state index is -0.338. The van der Waals surface area contributed by atoms with E-state index >= 15 is 0 Å². The zero-order chi connectivity index (χ0) is 23.8. The van der Waals surface area contributed by atoms with Gasteiger partial charge in [0.15, 0.2) is 17.2 Å². The second kappa shape index (κ2) is 8.67. The number of ether oxygens (including phenoxy) is 2. The minimum Gasteiger partial charge on any atom is -0.493 e. The number of aryl methyl sites for hydroxylation is 1. The number of nitrogens with zero attached hydrogens (tertiary/aromatic N) is 3. The lowest BCUT2D eigenvalue weighted by molar-refractivity contribution is 0.0688.